The Balaban J connectivity index is 1.77. The highest BCUT2D eigenvalue weighted by Gasteiger charge is 2.26. The number of carboxylic acids is 1. The number of sulfonamides is 1. The van der Waals surface area contributed by atoms with Crippen molar-refractivity contribution in [2.45, 2.75) is 31.1 Å². The van der Waals surface area contributed by atoms with Crippen LogP contribution in [0.3, 0.4) is 0 Å². The number of rotatable bonds is 5. The van der Waals surface area contributed by atoms with Crippen molar-refractivity contribution in [2.75, 3.05) is 5.32 Å². The third kappa shape index (κ3) is 5.07. The first-order valence-corrected chi connectivity index (χ1v) is 12.3. The largest absolute Gasteiger partial charge is 0.478 e. The summed E-state index contributed by atoms with van der Waals surface area (Å²) in [6.45, 7) is 6.12. The molecule has 4 rings (SSSR count). The van der Waals surface area contributed by atoms with Gasteiger partial charge in [-0.25, -0.2) is 4.79 Å². The van der Waals surface area contributed by atoms with Crippen LogP contribution in [0.1, 0.15) is 52.6 Å². The summed E-state index contributed by atoms with van der Waals surface area (Å²) in [5.74, 6) is -1.46. The van der Waals surface area contributed by atoms with Crippen LogP contribution in [0.4, 0.5) is 5.69 Å². The average Bonchev–Trinajstić information content (AvgIpc) is 2.81. The second-order valence-corrected chi connectivity index (χ2v) is 10.8. The van der Waals surface area contributed by atoms with Crippen LogP contribution >= 0.6 is 0 Å². The highest BCUT2D eigenvalue weighted by Crippen LogP contribution is 2.27. The number of nitrogens with zero attached hydrogens (tertiary/aromatic N) is 1. The number of carbonyl (C=O) groups excluding carboxylic acids is 1. The smallest absolute Gasteiger partial charge is 0.335 e. The minimum atomic E-state index is -4.07. The summed E-state index contributed by atoms with van der Waals surface area (Å²) in [7, 11) is -4.07. The molecule has 0 bridgehead atoms. The second kappa shape index (κ2) is 8.96. The van der Waals surface area contributed by atoms with Crippen LogP contribution in [0, 0.1) is 0 Å². The first kappa shape index (κ1) is 24.1. The van der Waals surface area contributed by atoms with Crippen molar-refractivity contribution in [1.82, 2.24) is 0 Å². The molecule has 0 unspecified atom stereocenters. The van der Waals surface area contributed by atoms with E-state index < -0.39 is 16.0 Å². The number of aromatic carboxylic acids is 1. The number of carboxylic acid groups (broad SMARTS) is 1. The van der Waals surface area contributed by atoms with E-state index in [-0.39, 0.29) is 33.1 Å². The van der Waals surface area contributed by atoms with E-state index in [1.54, 1.807) is 48.5 Å². The molecule has 0 saturated carbocycles. The van der Waals surface area contributed by atoms with Gasteiger partial charge in [-0.3, -0.25) is 4.79 Å². The lowest BCUT2D eigenvalue weighted by Gasteiger charge is -2.19. The Morgan fingerprint density at radius 1 is 0.914 bits per heavy atom. The van der Waals surface area contributed by atoms with Crippen LogP contribution in [0.5, 0.6) is 0 Å². The van der Waals surface area contributed by atoms with Crippen LogP contribution in [-0.4, -0.2) is 31.0 Å². The van der Waals surface area contributed by atoms with Crippen molar-refractivity contribution in [2.24, 2.45) is 4.40 Å². The number of benzene rings is 3. The predicted octanol–water partition coefficient (Wildman–Crippen LogP) is 5.05. The molecule has 178 valence electrons. The van der Waals surface area contributed by atoms with Crippen molar-refractivity contribution in [1.29, 1.82) is 0 Å². The van der Waals surface area contributed by atoms with Gasteiger partial charge >= 0.3 is 5.97 Å². The maximum atomic E-state index is 13.1. The summed E-state index contributed by atoms with van der Waals surface area (Å²) in [5.41, 5.74) is 2.19. The molecular weight excluding hydrogens is 464 g/mol. The molecule has 0 aromatic heterocycles. The summed E-state index contributed by atoms with van der Waals surface area (Å²) in [4.78, 5) is 24.4. The fraction of sp³-hybridized carbons (Fsp3) is 0.148. The summed E-state index contributed by atoms with van der Waals surface area (Å²) in [5, 5.41) is 12.2. The van der Waals surface area contributed by atoms with Crippen molar-refractivity contribution in [3.63, 3.8) is 0 Å². The second-order valence-electron chi connectivity index (χ2n) is 9.17. The van der Waals surface area contributed by atoms with Gasteiger partial charge in [-0.05, 0) is 47.4 Å². The molecule has 8 heteroatoms. The molecule has 3 aromatic carbocycles. The van der Waals surface area contributed by atoms with E-state index >= 15 is 0 Å². The van der Waals surface area contributed by atoms with Gasteiger partial charge in [0.05, 0.1) is 21.9 Å². The van der Waals surface area contributed by atoms with Gasteiger partial charge in [0.15, 0.2) is 0 Å². The Bertz CT molecular complexity index is 1500. The molecule has 0 aliphatic heterocycles. The average molecular weight is 489 g/mol. The SMILES string of the molecule is CC(C)(C)c1ccc(S(=O)(=O)N=C2C=C(Nc3cccc(C(=O)O)c3)C(=O)c3ccccc32)cc1. The number of fused-ring (bicyclic) bond motifs is 1. The van der Waals surface area contributed by atoms with Crippen LogP contribution in [0.2, 0.25) is 0 Å². The number of Topliss-reactive ketones (excluding diaryl/α,β-unsaturated/α-hetero) is 1. The van der Waals surface area contributed by atoms with Gasteiger partial charge in [0.25, 0.3) is 10.0 Å². The zero-order valence-electron chi connectivity index (χ0n) is 19.4. The van der Waals surface area contributed by atoms with E-state index in [9.17, 15) is 23.1 Å². The summed E-state index contributed by atoms with van der Waals surface area (Å²) >= 11 is 0. The zero-order chi connectivity index (χ0) is 25.4. The van der Waals surface area contributed by atoms with Crippen LogP contribution in [0.15, 0.2) is 93.9 Å². The minimum Gasteiger partial charge on any atom is -0.478 e. The van der Waals surface area contributed by atoms with Crippen LogP contribution in [-0.2, 0) is 15.4 Å². The molecule has 0 atom stereocenters. The van der Waals surface area contributed by atoms with Gasteiger partial charge < -0.3 is 10.4 Å². The normalized spacial score (nSPS) is 14.9. The Morgan fingerprint density at radius 3 is 2.20 bits per heavy atom. The molecule has 0 amide bonds. The molecule has 1 aliphatic carbocycles. The highest BCUT2D eigenvalue weighted by atomic mass is 32.2. The summed E-state index contributed by atoms with van der Waals surface area (Å²) < 4.78 is 30.4. The molecule has 35 heavy (non-hydrogen) atoms. The van der Waals surface area contributed by atoms with Crippen molar-refractivity contribution < 1.29 is 23.1 Å². The first-order valence-electron chi connectivity index (χ1n) is 10.9. The molecule has 1 aliphatic rings. The maximum absolute atomic E-state index is 13.1. The van der Waals surface area contributed by atoms with Gasteiger partial charge in [-0.1, -0.05) is 63.2 Å². The molecule has 0 saturated heterocycles. The number of carbonyl (C=O) groups is 2. The molecule has 0 heterocycles. The highest BCUT2D eigenvalue weighted by molar-refractivity contribution is 7.90. The van der Waals surface area contributed by atoms with Crippen LogP contribution in [0.25, 0.3) is 0 Å². The minimum absolute atomic E-state index is 0.0458. The molecule has 3 aromatic rings. The Labute approximate surface area is 203 Å². The van der Waals surface area contributed by atoms with E-state index in [1.807, 2.05) is 20.8 Å². The monoisotopic (exact) mass is 488 g/mol. The van der Waals surface area contributed by atoms with Crippen LogP contribution < -0.4 is 5.32 Å². The number of allylic oxidation sites excluding steroid dienone is 2. The van der Waals surface area contributed by atoms with Gasteiger partial charge in [-0.15, -0.1) is 0 Å². The molecular formula is C27H24N2O5S. The lowest BCUT2D eigenvalue weighted by atomic mass is 9.87. The Kier molecular flexibility index (Phi) is 6.17. The first-order chi connectivity index (χ1) is 16.5. The van der Waals surface area contributed by atoms with E-state index in [0.717, 1.165) is 5.56 Å². The topological polar surface area (TPSA) is 113 Å². The fourth-order valence-electron chi connectivity index (χ4n) is 3.69. The number of nitrogens with one attached hydrogen (secondary N) is 1. The quantitative estimate of drug-likeness (QED) is 0.520. The lowest BCUT2D eigenvalue weighted by molar-refractivity contribution is 0.0696. The lowest BCUT2D eigenvalue weighted by Crippen LogP contribution is -2.22. The van der Waals surface area contributed by atoms with E-state index in [1.165, 1.54) is 30.3 Å². The van der Waals surface area contributed by atoms with Crippen molar-refractivity contribution in [3.8, 4) is 0 Å². The molecule has 0 fully saturated rings. The third-order valence-electron chi connectivity index (χ3n) is 5.60. The number of ketones is 1. The van der Waals surface area contributed by atoms with Gasteiger partial charge in [-0.2, -0.15) is 12.8 Å². The van der Waals surface area contributed by atoms with E-state index in [2.05, 4.69) is 9.71 Å². The fourth-order valence-corrected chi connectivity index (χ4v) is 4.69. The Morgan fingerprint density at radius 2 is 1.57 bits per heavy atom. The molecule has 0 spiro atoms. The zero-order valence-corrected chi connectivity index (χ0v) is 20.3. The number of anilines is 1. The van der Waals surface area contributed by atoms with Gasteiger partial charge in [0.1, 0.15) is 0 Å². The van der Waals surface area contributed by atoms with E-state index in [0.29, 0.717) is 16.8 Å². The molecule has 2 N–H and O–H groups in total. The maximum Gasteiger partial charge on any atom is 0.335 e. The van der Waals surface area contributed by atoms with Crippen molar-refractivity contribution >= 4 is 33.2 Å². The number of hydrogen-bond acceptors (Lipinski definition) is 5. The summed E-state index contributed by atoms with van der Waals surface area (Å²) in [6, 6.07) is 19.2. The van der Waals surface area contributed by atoms with E-state index in [4.69, 9.17) is 0 Å². The van der Waals surface area contributed by atoms with Gasteiger partial charge in [0.2, 0.25) is 5.78 Å². The molecule has 7 nitrogen and oxygen atoms in total. The van der Waals surface area contributed by atoms with Gasteiger partial charge in [0, 0.05) is 16.8 Å². The standard InChI is InChI=1S/C27H24N2O5S/c1-27(2,3)18-11-13-20(14-12-18)35(33,34)29-23-16-24(25(30)22-10-5-4-9-21(22)23)28-19-8-6-7-17(15-19)26(31)32/h4-16,28H,1-3H3,(H,31,32). The molecule has 0 radical (unpaired) electrons. The third-order valence-corrected chi connectivity index (χ3v) is 6.90. The van der Waals surface area contributed by atoms with Crippen molar-refractivity contribution in [3.05, 3.63) is 107 Å². The Hall–Kier alpha value is -4.04. The predicted molar refractivity (Wildman–Crippen MR) is 135 cm³/mol. The summed E-state index contributed by atoms with van der Waals surface area (Å²) in [6.07, 6.45) is 1.37. The number of hydrogen-bond donors (Lipinski definition) is 2.